The van der Waals surface area contributed by atoms with Crippen molar-refractivity contribution in [3.8, 4) is 0 Å². The van der Waals surface area contributed by atoms with Gasteiger partial charge in [0, 0.05) is 12.8 Å². The number of nitrogen functional groups attached to an aromatic ring is 1. The smallest absolute Gasteiger partial charge is 0.207 e. The number of aryl methyl sites for hydroxylation is 1. The lowest BCUT2D eigenvalue weighted by Crippen LogP contribution is -2.09. The van der Waals surface area contributed by atoms with Crippen molar-refractivity contribution in [2.45, 2.75) is 25.4 Å². The van der Waals surface area contributed by atoms with E-state index in [1.165, 1.54) is 18.0 Å². The van der Waals surface area contributed by atoms with Crippen molar-refractivity contribution in [2.24, 2.45) is 0 Å². The molecule has 3 heteroatoms. The second kappa shape index (κ2) is 5.83. The molecule has 0 fully saturated rings. The van der Waals surface area contributed by atoms with E-state index in [1.807, 2.05) is 12.1 Å². The van der Waals surface area contributed by atoms with Crippen LogP contribution in [0.2, 0.25) is 12.6 Å². The highest BCUT2D eigenvalue weighted by atomic mass is 28.3. The Morgan fingerprint density at radius 2 is 1.93 bits per heavy atom. The lowest BCUT2D eigenvalue weighted by Gasteiger charge is -2.06. The molecule has 0 aliphatic carbocycles. The zero-order valence-electron chi connectivity index (χ0n) is 8.92. The van der Waals surface area contributed by atoms with E-state index < -0.39 is 9.04 Å². The Balaban J connectivity index is 2.28. The zero-order chi connectivity index (χ0) is 10.4. The number of anilines is 1. The minimum atomic E-state index is -0.531. The van der Waals surface area contributed by atoms with E-state index in [4.69, 9.17) is 10.2 Å². The molecule has 0 atom stereocenters. The Labute approximate surface area is 87.8 Å². The van der Waals surface area contributed by atoms with Gasteiger partial charge < -0.3 is 10.2 Å². The summed E-state index contributed by atoms with van der Waals surface area (Å²) in [6.07, 6.45) is 2.34. The average Bonchev–Trinajstić information content (AvgIpc) is 2.21. The summed E-state index contributed by atoms with van der Waals surface area (Å²) in [5.74, 6) is 0. The summed E-state index contributed by atoms with van der Waals surface area (Å²) in [7, 11) is 1.27. The highest BCUT2D eigenvalue weighted by Gasteiger charge is 2.02. The molecular formula is C11H18NOSi. The molecule has 1 aromatic rings. The van der Waals surface area contributed by atoms with Crippen LogP contribution in [0, 0.1) is 0 Å². The molecule has 1 rings (SSSR count). The highest BCUT2D eigenvalue weighted by Crippen LogP contribution is 2.10. The van der Waals surface area contributed by atoms with E-state index in [1.54, 1.807) is 7.11 Å². The predicted octanol–water partition coefficient (Wildman–Crippen LogP) is 2.47. The van der Waals surface area contributed by atoms with Gasteiger partial charge in [0.15, 0.2) is 0 Å². The second-order valence-electron chi connectivity index (χ2n) is 3.50. The Morgan fingerprint density at radius 3 is 2.50 bits per heavy atom. The molecule has 0 aliphatic rings. The van der Waals surface area contributed by atoms with E-state index in [0.717, 1.165) is 12.1 Å². The van der Waals surface area contributed by atoms with Gasteiger partial charge in [-0.3, -0.25) is 0 Å². The molecule has 0 aromatic heterocycles. The largest absolute Gasteiger partial charge is 0.420 e. The minimum Gasteiger partial charge on any atom is -0.420 e. The van der Waals surface area contributed by atoms with Crippen molar-refractivity contribution in [3.05, 3.63) is 29.8 Å². The van der Waals surface area contributed by atoms with Gasteiger partial charge in [-0.1, -0.05) is 12.1 Å². The fourth-order valence-corrected chi connectivity index (χ4v) is 2.21. The van der Waals surface area contributed by atoms with Gasteiger partial charge in [0.2, 0.25) is 9.04 Å². The lowest BCUT2D eigenvalue weighted by molar-refractivity contribution is 0.422. The highest BCUT2D eigenvalue weighted by molar-refractivity contribution is 6.50. The summed E-state index contributed by atoms with van der Waals surface area (Å²) in [5, 5.41) is 0. The van der Waals surface area contributed by atoms with Crippen LogP contribution in [0.3, 0.4) is 0 Å². The molecular weight excluding hydrogens is 190 g/mol. The molecule has 0 saturated heterocycles. The third-order valence-corrected chi connectivity index (χ3v) is 4.08. The monoisotopic (exact) mass is 208 g/mol. The first-order chi connectivity index (χ1) is 6.72. The van der Waals surface area contributed by atoms with Crippen LogP contribution in [-0.4, -0.2) is 16.2 Å². The van der Waals surface area contributed by atoms with Crippen LogP contribution >= 0.6 is 0 Å². The zero-order valence-corrected chi connectivity index (χ0v) is 9.92. The number of hydrogen-bond acceptors (Lipinski definition) is 2. The summed E-state index contributed by atoms with van der Waals surface area (Å²) in [6.45, 7) is 2.20. The predicted molar refractivity (Wildman–Crippen MR) is 62.6 cm³/mol. The van der Waals surface area contributed by atoms with E-state index in [0.29, 0.717) is 0 Å². The first-order valence-corrected chi connectivity index (χ1v) is 7.04. The second-order valence-corrected chi connectivity index (χ2v) is 5.81. The summed E-state index contributed by atoms with van der Waals surface area (Å²) in [6, 6.07) is 9.34. The Kier molecular flexibility index (Phi) is 4.69. The maximum atomic E-state index is 5.61. The molecule has 2 N–H and O–H groups in total. The lowest BCUT2D eigenvalue weighted by atomic mass is 10.1. The molecule has 0 unspecified atom stereocenters. The van der Waals surface area contributed by atoms with Crippen molar-refractivity contribution < 1.29 is 4.43 Å². The SMILES string of the molecule is CO[Si](C)CCCc1ccc(N)cc1. The standard InChI is InChI=1S/C11H18NOSi/c1-13-14(2)9-3-4-10-5-7-11(12)8-6-10/h5-8H,3-4,9,12H2,1-2H3. The Bertz CT molecular complexity index is 260. The topological polar surface area (TPSA) is 35.2 Å². The molecule has 1 radical (unpaired) electrons. The van der Waals surface area contributed by atoms with Gasteiger partial charge >= 0.3 is 0 Å². The average molecular weight is 208 g/mol. The summed E-state index contributed by atoms with van der Waals surface area (Å²) >= 11 is 0. The quantitative estimate of drug-likeness (QED) is 0.596. The van der Waals surface area contributed by atoms with Crippen molar-refractivity contribution in [1.82, 2.24) is 0 Å². The Hall–Kier alpha value is -0.803. The molecule has 0 bridgehead atoms. The van der Waals surface area contributed by atoms with Gasteiger partial charge in [-0.25, -0.2) is 0 Å². The fourth-order valence-electron chi connectivity index (χ4n) is 1.33. The number of hydrogen-bond donors (Lipinski definition) is 1. The van der Waals surface area contributed by atoms with Crippen molar-refractivity contribution in [3.63, 3.8) is 0 Å². The first-order valence-electron chi connectivity index (χ1n) is 4.93. The molecule has 0 heterocycles. The summed E-state index contributed by atoms with van der Waals surface area (Å²) < 4.78 is 5.29. The van der Waals surface area contributed by atoms with Crippen LogP contribution in [0.5, 0.6) is 0 Å². The molecule has 0 saturated carbocycles. The summed E-state index contributed by atoms with van der Waals surface area (Å²) in [4.78, 5) is 0. The number of rotatable bonds is 5. The molecule has 0 spiro atoms. The van der Waals surface area contributed by atoms with E-state index in [2.05, 4.69) is 18.7 Å². The van der Waals surface area contributed by atoms with Crippen LogP contribution in [-0.2, 0) is 10.8 Å². The molecule has 0 aliphatic heterocycles. The minimum absolute atomic E-state index is 0.531. The van der Waals surface area contributed by atoms with Crippen LogP contribution < -0.4 is 5.73 Å². The van der Waals surface area contributed by atoms with Crippen LogP contribution in [0.4, 0.5) is 5.69 Å². The first kappa shape index (κ1) is 11.3. The van der Waals surface area contributed by atoms with Gasteiger partial charge in [-0.2, -0.15) is 0 Å². The third-order valence-electron chi connectivity index (χ3n) is 2.32. The molecule has 0 amide bonds. The van der Waals surface area contributed by atoms with Crippen molar-refractivity contribution in [2.75, 3.05) is 12.8 Å². The van der Waals surface area contributed by atoms with Gasteiger partial charge in [-0.15, -0.1) is 0 Å². The van der Waals surface area contributed by atoms with E-state index in [9.17, 15) is 0 Å². The van der Waals surface area contributed by atoms with Gasteiger partial charge in [-0.05, 0) is 43.1 Å². The number of benzene rings is 1. The van der Waals surface area contributed by atoms with Crippen LogP contribution in [0.1, 0.15) is 12.0 Å². The third kappa shape index (κ3) is 3.94. The van der Waals surface area contributed by atoms with Crippen molar-refractivity contribution >= 4 is 14.7 Å². The van der Waals surface area contributed by atoms with Crippen molar-refractivity contribution in [1.29, 1.82) is 0 Å². The van der Waals surface area contributed by atoms with Gasteiger partial charge in [0.1, 0.15) is 0 Å². The van der Waals surface area contributed by atoms with Crippen LogP contribution in [0.15, 0.2) is 24.3 Å². The van der Waals surface area contributed by atoms with Gasteiger partial charge in [0.05, 0.1) is 0 Å². The molecule has 1 aromatic carbocycles. The summed E-state index contributed by atoms with van der Waals surface area (Å²) in [5.41, 5.74) is 7.81. The van der Waals surface area contributed by atoms with E-state index >= 15 is 0 Å². The van der Waals surface area contributed by atoms with Gasteiger partial charge in [0.25, 0.3) is 0 Å². The molecule has 14 heavy (non-hydrogen) atoms. The van der Waals surface area contributed by atoms with E-state index in [-0.39, 0.29) is 0 Å². The normalized spacial score (nSPS) is 10.8. The number of nitrogens with two attached hydrogens (primary N) is 1. The van der Waals surface area contributed by atoms with Crippen LogP contribution in [0.25, 0.3) is 0 Å². The Morgan fingerprint density at radius 1 is 1.29 bits per heavy atom. The maximum Gasteiger partial charge on any atom is 0.207 e. The molecule has 77 valence electrons. The maximum absolute atomic E-state index is 5.61. The molecule has 2 nitrogen and oxygen atoms in total. The fraction of sp³-hybridized carbons (Fsp3) is 0.455.